The zero-order valence-corrected chi connectivity index (χ0v) is 20.4. The quantitative estimate of drug-likeness (QED) is 0.103. The summed E-state index contributed by atoms with van der Waals surface area (Å²) >= 11 is 1.37. The number of carboxylic acids is 2. The van der Waals surface area contributed by atoms with E-state index < -0.39 is 66.2 Å². The van der Waals surface area contributed by atoms with E-state index in [-0.39, 0.29) is 25.7 Å². The van der Waals surface area contributed by atoms with Crippen LogP contribution in [0.2, 0.25) is 0 Å². The molecule has 1 aromatic rings. The third-order valence-corrected chi connectivity index (χ3v) is 5.52. The Labute approximate surface area is 210 Å². The normalized spacial score (nSPS) is 14.1. The standard InChI is InChI=1S/C20H31N7O8S/c1-36-5-4-13(20(34)35)26-18(32)12(2-3-15(22)28)25-19(33)14(7-16(29)30)27-17(31)11(21)6-10-8-23-9-24-10/h8-9,11-14H,2-7,21H2,1H3,(H2,22,28)(H,23,24)(H,25,33)(H,26,32)(H,27,31)(H,29,30)(H,34,35). The van der Waals surface area contributed by atoms with Crippen molar-refractivity contribution in [3.8, 4) is 0 Å². The molecule has 16 heteroatoms. The van der Waals surface area contributed by atoms with Crippen LogP contribution in [0.5, 0.6) is 0 Å². The smallest absolute Gasteiger partial charge is 0.326 e. The lowest BCUT2D eigenvalue weighted by Gasteiger charge is -2.24. The highest BCUT2D eigenvalue weighted by Gasteiger charge is 2.31. The van der Waals surface area contributed by atoms with Crippen LogP contribution in [0, 0.1) is 0 Å². The Hall–Kier alpha value is -3.66. The topological polar surface area (TPSA) is 260 Å². The first kappa shape index (κ1) is 30.4. The Kier molecular flexibility index (Phi) is 13.0. The van der Waals surface area contributed by atoms with Gasteiger partial charge >= 0.3 is 11.9 Å². The molecule has 4 unspecified atom stereocenters. The van der Waals surface area contributed by atoms with Crippen molar-refractivity contribution in [2.75, 3.05) is 12.0 Å². The summed E-state index contributed by atoms with van der Waals surface area (Å²) in [6.07, 6.45) is 3.28. The van der Waals surface area contributed by atoms with E-state index in [0.29, 0.717) is 11.4 Å². The molecule has 0 aliphatic heterocycles. The summed E-state index contributed by atoms with van der Waals surface area (Å²) < 4.78 is 0. The molecule has 200 valence electrons. The molecule has 0 bridgehead atoms. The molecule has 0 aliphatic carbocycles. The van der Waals surface area contributed by atoms with Crippen LogP contribution in [0.15, 0.2) is 12.5 Å². The van der Waals surface area contributed by atoms with Gasteiger partial charge in [0.05, 0.1) is 18.8 Å². The van der Waals surface area contributed by atoms with E-state index in [1.165, 1.54) is 24.3 Å². The van der Waals surface area contributed by atoms with Crippen LogP contribution in [-0.2, 0) is 35.2 Å². The SMILES string of the molecule is CSCCC(NC(=O)C(CCC(N)=O)NC(=O)C(CC(=O)O)NC(=O)C(N)Cc1cnc[nH]1)C(=O)O. The molecule has 0 saturated carbocycles. The van der Waals surface area contributed by atoms with Crippen molar-refractivity contribution in [2.24, 2.45) is 11.5 Å². The highest BCUT2D eigenvalue weighted by atomic mass is 32.2. The molecule has 0 saturated heterocycles. The lowest BCUT2D eigenvalue weighted by molar-refractivity contribution is -0.143. The van der Waals surface area contributed by atoms with Crippen LogP contribution in [0.3, 0.4) is 0 Å². The molecule has 36 heavy (non-hydrogen) atoms. The lowest BCUT2D eigenvalue weighted by Crippen LogP contribution is -2.57. The van der Waals surface area contributed by atoms with Crippen molar-refractivity contribution in [2.45, 2.75) is 56.3 Å². The average Bonchev–Trinajstić information content (AvgIpc) is 3.30. The summed E-state index contributed by atoms with van der Waals surface area (Å²) in [5.41, 5.74) is 11.5. The Morgan fingerprint density at radius 1 is 1.00 bits per heavy atom. The van der Waals surface area contributed by atoms with Crippen LogP contribution in [0.4, 0.5) is 0 Å². The van der Waals surface area contributed by atoms with E-state index in [4.69, 9.17) is 11.5 Å². The van der Waals surface area contributed by atoms with Crippen LogP contribution in [0.25, 0.3) is 0 Å². The number of aliphatic carboxylic acids is 2. The van der Waals surface area contributed by atoms with E-state index in [9.17, 15) is 39.0 Å². The Bertz CT molecular complexity index is 927. The minimum atomic E-state index is -1.61. The average molecular weight is 530 g/mol. The Morgan fingerprint density at radius 3 is 2.14 bits per heavy atom. The second-order valence-corrected chi connectivity index (χ2v) is 8.78. The van der Waals surface area contributed by atoms with Crippen LogP contribution >= 0.6 is 11.8 Å². The fourth-order valence-corrected chi connectivity index (χ4v) is 3.45. The lowest BCUT2D eigenvalue weighted by atomic mass is 10.1. The first-order valence-electron chi connectivity index (χ1n) is 10.8. The second kappa shape index (κ2) is 15.4. The number of carbonyl (C=O) groups is 6. The number of nitrogens with two attached hydrogens (primary N) is 2. The van der Waals surface area contributed by atoms with E-state index >= 15 is 0 Å². The summed E-state index contributed by atoms with van der Waals surface area (Å²) in [6.45, 7) is 0. The minimum absolute atomic E-state index is 0.0313. The molecule has 0 radical (unpaired) electrons. The molecule has 0 aliphatic rings. The number of rotatable bonds is 17. The van der Waals surface area contributed by atoms with Gasteiger partial charge in [-0.15, -0.1) is 0 Å². The molecule has 4 amide bonds. The fourth-order valence-electron chi connectivity index (χ4n) is 2.98. The predicted octanol–water partition coefficient (Wildman–Crippen LogP) is -2.69. The molecular weight excluding hydrogens is 498 g/mol. The number of carbonyl (C=O) groups excluding carboxylic acids is 4. The van der Waals surface area contributed by atoms with Crippen molar-refractivity contribution in [3.05, 3.63) is 18.2 Å². The summed E-state index contributed by atoms with van der Waals surface area (Å²) in [5, 5.41) is 25.3. The van der Waals surface area contributed by atoms with Gasteiger partial charge in [-0.3, -0.25) is 24.0 Å². The van der Waals surface area contributed by atoms with Crippen molar-refractivity contribution in [1.29, 1.82) is 0 Å². The van der Waals surface area contributed by atoms with Crippen molar-refractivity contribution >= 4 is 47.3 Å². The highest BCUT2D eigenvalue weighted by Crippen LogP contribution is 2.06. The number of nitrogens with one attached hydrogen (secondary N) is 4. The summed E-state index contributed by atoms with van der Waals surface area (Å²) in [4.78, 5) is 78.6. The van der Waals surface area contributed by atoms with Gasteiger partial charge in [0.2, 0.25) is 23.6 Å². The number of hydrogen-bond donors (Lipinski definition) is 8. The van der Waals surface area contributed by atoms with E-state index in [1.54, 1.807) is 6.26 Å². The number of carboxylic acid groups (broad SMARTS) is 2. The van der Waals surface area contributed by atoms with Gasteiger partial charge in [0.15, 0.2) is 0 Å². The van der Waals surface area contributed by atoms with Crippen LogP contribution in [-0.4, -0.2) is 91.9 Å². The van der Waals surface area contributed by atoms with Crippen molar-refractivity contribution < 1.29 is 39.0 Å². The summed E-state index contributed by atoms with van der Waals surface area (Å²) in [6, 6.07) is -5.43. The number of amides is 4. The van der Waals surface area contributed by atoms with Crippen LogP contribution in [0.1, 0.15) is 31.4 Å². The molecule has 1 aromatic heterocycles. The third-order valence-electron chi connectivity index (χ3n) is 4.88. The predicted molar refractivity (Wildman–Crippen MR) is 127 cm³/mol. The first-order chi connectivity index (χ1) is 16.9. The van der Waals surface area contributed by atoms with Gasteiger partial charge in [-0.1, -0.05) is 0 Å². The third kappa shape index (κ3) is 11.2. The van der Waals surface area contributed by atoms with Gasteiger partial charge in [0, 0.05) is 24.7 Å². The molecule has 0 spiro atoms. The van der Waals surface area contributed by atoms with Gasteiger partial charge in [-0.25, -0.2) is 9.78 Å². The van der Waals surface area contributed by atoms with Crippen molar-refractivity contribution in [3.63, 3.8) is 0 Å². The number of aromatic amines is 1. The van der Waals surface area contributed by atoms with E-state index in [2.05, 4.69) is 25.9 Å². The maximum atomic E-state index is 12.8. The molecular formula is C20H31N7O8S. The zero-order valence-electron chi connectivity index (χ0n) is 19.6. The highest BCUT2D eigenvalue weighted by molar-refractivity contribution is 7.98. The maximum Gasteiger partial charge on any atom is 0.326 e. The number of H-pyrrole nitrogens is 1. The maximum absolute atomic E-state index is 12.8. The first-order valence-corrected chi connectivity index (χ1v) is 12.2. The van der Waals surface area contributed by atoms with Gasteiger partial charge in [0.25, 0.3) is 0 Å². The van der Waals surface area contributed by atoms with E-state index in [1.807, 2.05) is 0 Å². The number of imidazole rings is 1. The number of nitrogens with zero attached hydrogens (tertiary/aromatic N) is 1. The molecule has 0 fully saturated rings. The Morgan fingerprint density at radius 2 is 1.61 bits per heavy atom. The number of thioether (sulfide) groups is 1. The Balaban J connectivity index is 2.96. The molecule has 1 heterocycles. The molecule has 10 N–H and O–H groups in total. The summed E-state index contributed by atoms with van der Waals surface area (Å²) in [5.74, 6) is -5.83. The van der Waals surface area contributed by atoms with E-state index in [0.717, 1.165) is 0 Å². The number of aromatic nitrogens is 2. The summed E-state index contributed by atoms with van der Waals surface area (Å²) in [7, 11) is 0. The van der Waals surface area contributed by atoms with Crippen molar-refractivity contribution in [1.82, 2.24) is 25.9 Å². The van der Waals surface area contributed by atoms with Gasteiger partial charge in [-0.2, -0.15) is 11.8 Å². The largest absolute Gasteiger partial charge is 0.481 e. The molecule has 0 aromatic carbocycles. The fraction of sp³-hybridized carbons (Fsp3) is 0.550. The number of primary amides is 1. The van der Waals surface area contributed by atoms with Gasteiger partial charge in [0.1, 0.15) is 18.1 Å². The van der Waals surface area contributed by atoms with Gasteiger partial charge < -0.3 is 42.6 Å². The second-order valence-electron chi connectivity index (χ2n) is 7.79. The van der Waals surface area contributed by atoms with Gasteiger partial charge in [-0.05, 0) is 24.9 Å². The minimum Gasteiger partial charge on any atom is -0.481 e. The molecule has 15 nitrogen and oxygen atoms in total. The molecule has 1 rings (SSSR count). The molecule has 4 atom stereocenters. The van der Waals surface area contributed by atoms with Crippen LogP contribution < -0.4 is 27.4 Å². The monoisotopic (exact) mass is 529 g/mol. The zero-order chi connectivity index (χ0) is 27.3. The number of hydrogen-bond acceptors (Lipinski definition) is 9.